The van der Waals surface area contributed by atoms with E-state index in [2.05, 4.69) is 19.3 Å². The minimum Gasteiger partial charge on any atom is -0.399 e. The highest BCUT2D eigenvalue weighted by Crippen LogP contribution is 2.32. The Morgan fingerprint density at radius 2 is 2.21 bits per heavy atom. The molecule has 7 heteroatoms. The minimum absolute atomic E-state index is 0.700. The van der Waals surface area contributed by atoms with Crippen molar-refractivity contribution in [2.45, 2.75) is 22.7 Å². The van der Waals surface area contributed by atoms with Gasteiger partial charge in [-0.05, 0) is 41.5 Å². The van der Waals surface area contributed by atoms with E-state index in [1.165, 1.54) is 23.3 Å². The summed E-state index contributed by atoms with van der Waals surface area (Å²) in [6.07, 6.45) is 2.39. The summed E-state index contributed by atoms with van der Waals surface area (Å²) in [5.74, 6) is 0.870. The first-order valence-electron chi connectivity index (χ1n) is 5.77. The molecule has 3 aromatic rings. The predicted octanol–water partition coefficient (Wildman–Crippen LogP) is 2.78. The number of nitrogens with zero attached hydrogens (tertiary/aromatic N) is 4. The van der Waals surface area contributed by atoms with Gasteiger partial charge in [-0.3, -0.25) is 0 Å². The summed E-state index contributed by atoms with van der Waals surface area (Å²) >= 11 is 2.91. The number of fused-ring (bicyclic) bond motifs is 1. The van der Waals surface area contributed by atoms with Crippen molar-refractivity contribution in [2.75, 3.05) is 5.73 Å². The van der Waals surface area contributed by atoms with Crippen LogP contribution in [-0.2, 0) is 6.42 Å². The van der Waals surface area contributed by atoms with E-state index in [-0.39, 0.29) is 0 Å². The summed E-state index contributed by atoms with van der Waals surface area (Å²) in [6, 6.07) is 5.64. The van der Waals surface area contributed by atoms with Gasteiger partial charge in [0.1, 0.15) is 17.2 Å². The first-order valence-corrected chi connectivity index (χ1v) is 7.36. The summed E-state index contributed by atoms with van der Waals surface area (Å²) in [7, 11) is 0. The average molecular weight is 289 g/mol. The molecule has 0 spiro atoms. The lowest BCUT2D eigenvalue weighted by Crippen LogP contribution is -1.90. The monoisotopic (exact) mass is 289 g/mol. The van der Waals surface area contributed by atoms with Gasteiger partial charge in [0.05, 0.1) is 5.52 Å². The van der Waals surface area contributed by atoms with Gasteiger partial charge in [-0.25, -0.2) is 15.0 Å². The number of hydrogen-bond acceptors (Lipinski definition) is 7. The fourth-order valence-electron chi connectivity index (χ4n) is 1.64. The van der Waals surface area contributed by atoms with Gasteiger partial charge in [-0.1, -0.05) is 6.92 Å². The summed E-state index contributed by atoms with van der Waals surface area (Å²) in [4.78, 5) is 13.0. The molecule has 0 aliphatic rings. The van der Waals surface area contributed by atoms with Gasteiger partial charge in [0.2, 0.25) is 0 Å². The van der Waals surface area contributed by atoms with Crippen LogP contribution < -0.4 is 5.73 Å². The summed E-state index contributed by atoms with van der Waals surface area (Å²) < 4.78 is 5.17. The quantitative estimate of drug-likeness (QED) is 0.590. The zero-order valence-electron chi connectivity index (χ0n) is 10.2. The fourth-order valence-corrected chi connectivity index (χ4v) is 3.33. The van der Waals surface area contributed by atoms with E-state index in [0.717, 1.165) is 32.5 Å². The van der Waals surface area contributed by atoms with Gasteiger partial charge in [0.15, 0.2) is 4.34 Å². The molecule has 0 bridgehead atoms. The second kappa shape index (κ2) is 5.10. The van der Waals surface area contributed by atoms with Crippen molar-refractivity contribution >= 4 is 39.9 Å². The Morgan fingerprint density at radius 1 is 1.32 bits per heavy atom. The largest absolute Gasteiger partial charge is 0.399 e. The molecule has 0 amide bonds. The van der Waals surface area contributed by atoms with E-state index in [9.17, 15) is 0 Å². The van der Waals surface area contributed by atoms with E-state index in [0.29, 0.717) is 5.69 Å². The van der Waals surface area contributed by atoms with Crippen LogP contribution >= 0.6 is 23.3 Å². The Kier molecular flexibility index (Phi) is 3.31. The summed E-state index contributed by atoms with van der Waals surface area (Å²) in [6.45, 7) is 2.04. The number of aromatic nitrogens is 4. The molecule has 0 unspecified atom stereocenters. The van der Waals surface area contributed by atoms with Crippen LogP contribution in [0.1, 0.15) is 12.7 Å². The van der Waals surface area contributed by atoms with Crippen LogP contribution in [-0.4, -0.2) is 19.3 Å². The Balaban J connectivity index is 2.00. The van der Waals surface area contributed by atoms with E-state index in [1.54, 1.807) is 6.33 Å². The molecule has 0 radical (unpaired) electrons. The SMILES string of the molecule is CCc1nsc(Sc2ncnc3cc(N)ccc23)n1. The van der Waals surface area contributed by atoms with E-state index in [4.69, 9.17) is 5.73 Å². The van der Waals surface area contributed by atoms with Gasteiger partial charge in [0, 0.05) is 17.5 Å². The third kappa shape index (κ3) is 2.52. The second-order valence-corrected chi connectivity index (χ2v) is 5.88. The smallest absolute Gasteiger partial charge is 0.176 e. The molecule has 2 heterocycles. The molecular formula is C12H11N5S2. The van der Waals surface area contributed by atoms with E-state index >= 15 is 0 Å². The maximum absolute atomic E-state index is 5.76. The normalized spacial score (nSPS) is 11.0. The first kappa shape index (κ1) is 12.3. The second-order valence-electron chi connectivity index (χ2n) is 3.89. The van der Waals surface area contributed by atoms with Crippen molar-refractivity contribution in [1.29, 1.82) is 0 Å². The third-order valence-corrected chi connectivity index (χ3v) is 4.38. The Morgan fingerprint density at radius 3 is 3.00 bits per heavy atom. The number of anilines is 1. The van der Waals surface area contributed by atoms with Crippen LogP contribution in [0.4, 0.5) is 5.69 Å². The Bertz CT molecular complexity index is 725. The molecule has 0 fully saturated rings. The summed E-state index contributed by atoms with van der Waals surface area (Å²) in [5.41, 5.74) is 7.31. The molecule has 0 atom stereocenters. The maximum atomic E-state index is 5.76. The third-order valence-electron chi connectivity index (χ3n) is 2.57. The number of nitrogens with two attached hydrogens (primary N) is 1. The number of benzene rings is 1. The lowest BCUT2D eigenvalue weighted by molar-refractivity contribution is 0.970. The predicted molar refractivity (Wildman–Crippen MR) is 77.4 cm³/mol. The summed E-state index contributed by atoms with van der Waals surface area (Å²) in [5, 5.41) is 1.86. The average Bonchev–Trinajstić information content (AvgIpc) is 2.86. The Labute approximate surface area is 118 Å². The molecule has 0 saturated heterocycles. The molecule has 2 aromatic heterocycles. The zero-order chi connectivity index (χ0) is 13.2. The number of aryl methyl sites for hydroxylation is 1. The molecule has 5 nitrogen and oxygen atoms in total. The Hall–Kier alpha value is -1.73. The van der Waals surface area contributed by atoms with Crippen LogP contribution in [0.25, 0.3) is 10.9 Å². The molecule has 0 aliphatic carbocycles. The van der Waals surface area contributed by atoms with Crippen LogP contribution in [0.3, 0.4) is 0 Å². The van der Waals surface area contributed by atoms with Crippen molar-refractivity contribution in [3.05, 3.63) is 30.4 Å². The topological polar surface area (TPSA) is 77.6 Å². The van der Waals surface area contributed by atoms with Crippen molar-refractivity contribution in [2.24, 2.45) is 0 Å². The molecule has 3 rings (SSSR count). The lowest BCUT2D eigenvalue weighted by Gasteiger charge is -2.02. The molecule has 2 N–H and O–H groups in total. The van der Waals surface area contributed by atoms with Crippen LogP contribution in [0.2, 0.25) is 0 Å². The number of nitrogen functional groups attached to an aromatic ring is 1. The van der Waals surface area contributed by atoms with Gasteiger partial charge < -0.3 is 5.73 Å². The van der Waals surface area contributed by atoms with E-state index in [1.807, 2.05) is 25.1 Å². The minimum atomic E-state index is 0.700. The van der Waals surface area contributed by atoms with Crippen molar-refractivity contribution < 1.29 is 0 Å². The first-order chi connectivity index (χ1) is 9.26. The van der Waals surface area contributed by atoms with Gasteiger partial charge >= 0.3 is 0 Å². The maximum Gasteiger partial charge on any atom is 0.176 e. The fraction of sp³-hybridized carbons (Fsp3) is 0.167. The molecule has 0 aliphatic heterocycles. The van der Waals surface area contributed by atoms with Crippen molar-refractivity contribution in [3.63, 3.8) is 0 Å². The van der Waals surface area contributed by atoms with Gasteiger partial charge in [0.25, 0.3) is 0 Å². The highest BCUT2D eigenvalue weighted by molar-refractivity contribution is 8.01. The molecule has 0 saturated carbocycles. The highest BCUT2D eigenvalue weighted by Gasteiger charge is 2.09. The molecule has 19 heavy (non-hydrogen) atoms. The molecular weight excluding hydrogens is 278 g/mol. The highest BCUT2D eigenvalue weighted by atomic mass is 32.2. The van der Waals surface area contributed by atoms with Crippen molar-refractivity contribution in [3.8, 4) is 0 Å². The van der Waals surface area contributed by atoms with E-state index < -0.39 is 0 Å². The van der Waals surface area contributed by atoms with Crippen LogP contribution in [0, 0.1) is 0 Å². The molecule has 96 valence electrons. The molecule has 1 aromatic carbocycles. The van der Waals surface area contributed by atoms with Crippen molar-refractivity contribution in [1.82, 2.24) is 19.3 Å². The standard InChI is InChI=1S/C12H11N5S2/c1-2-10-16-12(19-17-10)18-11-8-4-3-7(13)5-9(8)14-6-15-11/h3-6H,2,13H2,1H3. The number of hydrogen-bond donors (Lipinski definition) is 1. The van der Waals surface area contributed by atoms with Gasteiger partial charge in [-0.2, -0.15) is 4.37 Å². The van der Waals surface area contributed by atoms with Gasteiger partial charge in [-0.15, -0.1) is 0 Å². The van der Waals surface area contributed by atoms with Crippen LogP contribution in [0.5, 0.6) is 0 Å². The number of rotatable bonds is 3. The lowest BCUT2D eigenvalue weighted by atomic mass is 10.2. The van der Waals surface area contributed by atoms with Crippen LogP contribution in [0.15, 0.2) is 33.9 Å². The zero-order valence-corrected chi connectivity index (χ0v) is 11.8.